The van der Waals surface area contributed by atoms with Crippen molar-refractivity contribution in [2.24, 2.45) is 0 Å². The van der Waals surface area contributed by atoms with E-state index in [-0.39, 0.29) is 17.3 Å². The van der Waals surface area contributed by atoms with E-state index in [0.717, 1.165) is 6.42 Å². The third kappa shape index (κ3) is 3.60. The van der Waals surface area contributed by atoms with Crippen molar-refractivity contribution in [3.8, 4) is 0 Å². The van der Waals surface area contributed by atoms with Gasteiger partial charge in [-0.15, -0.1) is 0 Å². The van der Waals surface area contributed by atoms with Crippen LogP contribution < -0.4 is 5.32 Å². The maximum atomic E-state index is 13.6. The number of hydrogen-bond donors (Lipinski definition) is 1. The summed E-state index contributed by atoms with van der Waals surface area (Å²) >= 11 is 0. The molecule has 0 spiro atoms. The molecule has 0 saturated heterocycles. The van der Waals surface area contributed by atoms with Crippen LogP contribution in [0.4, 0.5) is 10.1 Å². The fourth-order valence-corrected chi connectivity index (χ4v) is 2.67. The first kappa shape index (κ1) is 14.6. The maximum absolute atomic E-state index is 13.6. The number of benzene rings is 2. The molecular weight excluding hydrogens is 249 g/mol. The normalized spacial score (nSPS) is 13.0. The fraction of sp³-hybridized carbons (Fsp3) is 0.333. The third-order valence-corrected chi connectivity index (χ3v) is 3.65. The lowest BCUT2D eigenvalue weighted by Gasteiger charge is -2.29. The second kappa shape index (κ2) is 6.08. The summed E-state index contributed by atoms with van der Waals surface area (Å²) < 4.78 is 13.6. The highest BCUT2D eigenvalue weighted by Gasteiger charge is 2.23. The van der Waals surface area contributed by atoms with E-state index in [9.17, 15) is 4.39 Å². The molecule has 1 unspecified atom stereocenters. The third-order valence-electron chi connectivity index (χ3n) is 3.65. The molecule has 20 heavy (non-hydrogen) atoms. The van der Waals surface area contributed by atoms with E-state index >= 15 is 0 Å². The van der Waals surface area contributed by atoms with Gasteiger partial charge in [0.25, 0.3) is 0 Å². The monoisotopic (exact) mass is 271 g/mol. The zero-order valence-electron chi connectivity index (χ0n) is 12.4. The van der Waals surface area contributed by atoms with Crippen molar-refractivity contribution < 1.29 is 4.39 Å². The zero-order valence-corrected chi connectivity index (χ0v) is 12.4. The Bertz CT molecular complexity index is 548. The van der Waals surface area contributed by atoms with Gasteiger partial charge in [0, 0.05) is 6.04 Å². The van der Waals surface area contributed by atoms with Crippen LogP contribution in [0.25, 0.3) is 0 Å². The number of hydrogen-bond acceptors (Lipinski definition) is 1. The lowest BCUT2D eigenvalue weighted by Crippen LogP contribution is -2.28. The van der Waals surface area contributed by atoms with Crippen molar-refractivity contribution in [2.45, 2.75) is 38.6 Å². The molecular formula is C18H22FN. The Morgan fingerprint density at radius 1 is 1.00 bits per heavy atom. The molecule has 1 N–H and O–H groups in total. The maximum Gasteiger partial charge on any atom is 0.146 e. The summed E-state index contributed by atoms with van der Waals surface area (Å²) in [6.07, 6.45) is 0.936. The topological polar surface area (TPSA) is 12.0 Å². The molecule has 0 saturated carbocycles. The van der Waals surface area contributed by atoms with Gasteiger partial charge in [0.1, 0.15) is 5.82 Å². The summed E-state index contributed by atoms with van der Waals surface area (Å²) in [5.74, 6) is -0.197. The second-order valence-electron chi connectivity index (χ2n) is 5.98. The van der Waals surface area contributed by atoms with Crippen LogP contribution in [0, 0.1) is 5.82 Å². The van der Waals surface area contributed by atoms with Crippen LogP contribution in [0.2, 0.25) is 0 Å². The molecule has 0 fully saturated rings. The van der Waals surface area contributed by atoms with Gasteiger partial charge in [0.05, 0.1) is 5.69 Å². The van der Waals surface area contributed by atoms with E-state index in [1.54, 1.807) is 12.1 Å². The van der Waals surface area contributed by atoms with Gasteiger partial charge in [-0.3, -0.25) is 0 Å². The van der Waals surface area contributed by atoms with Crippen LogP contribution in [0.5, 0.6) is 0 Å². The van der Waals surface area contributed by atoms with Gasteiger partial charge in [-0.1, -0.05) is 56.3 Å². The van der Waals surface area contributed by atoms with E-state index in [4.69, 9.17) is 0 Å². The average molecular weight is 271 g/mol. The Kier molecular flexibility index (Phi) is 4.43. The number of para-hydroxylation sites is 1. The quantitative estimate of drug-likeness (QED) is 0.807. The van der Waals surface area contributed by atoms with Gasteiger partial charge in [0.2, 0.25) is 0 Å². The molecule has 2 rings (SSSR count). The van der Waals surface area contributed by atoms with E-state index in [1.807, 2.05) is 12.1 Å². The van der Waals surface area contributed by atoms with Crippen molar-refractivity contribution in [3.05, 3.63) is 66.0 Å². The van der Waals surface area contributed by atoms with Gasteiger partial charge in [-0.05, 0) is 36.5 Å². The molecule has 0 aromatic heterocycles. The Balaban J connectivity index is 2.04. The Morgan fingerprint density at radius 3 is 2.25 bits per heavy atom. The van der Waals surface area contributed by atoms with Crippen molar-refractivity contribution in [2.75, 3.05) is 5.32 Å². The van der Waals surface area contributed by atoms with Crippen molar-refractivity contribution in [3.63, 3.8) is 0 Å². The summed E-state index contributed by atoms with van der Waals surface area (Å²) in [5.41, 5.74) is 1.94. The molecule has 0 aliphatic heterocycles. The average Bonchev–Trinajstić information content (AvgIpc) is 2.42. The molecule has 2 aromatic rings. The molecule has 0 aliphatic rings. The van der Waals surface area contributed by atoms with Crippen molar-refractivity contribution in [1.82, 2.24) is 0 Å². The Morgan fingerprint density at radius 2 is 1.60 bits per heavy atom. The Labute approximate surface area is 120 Å². The minimum absolute atomic E-state index is 0.0545. The van der Waals surface area contributed by atoms with Crippen LogP contribution in [-0.2, 0) is 5.41 Å². The predicted molar refractivity (Wildman–Crippen MR) is 83.6 cm³/mol. The summed E-state index contributed by atoms with van der Waals surface area (Å²) in [5, 5.41) is 3.26. The first-order valence-electron chi connectivity index (χ1n) is 7.05. The Hall–Kier alpha value is -1.83. The van der Waals surface area contributed by atoms with E-state index in [1.165, 1.54) is 11.6 Å². The van der Waals surface area contributed by atoms with Gasteiger partial charge >= 0.3 is 0 Å². The smallest absolute Gasteiger partial charge is 0.146 e. The van der Waals surface area contributed by atoms with Crippen LogP contribution in [0.15, 0.2) is 54.6 Å². The standard InChI is InChI=1S/C18H22FN/c1-14(20-17-12-8-7-11-16(17)19)13-18(2,3)15-9-5-4-6-10-15/h4-12,14,20H,13H2,1-3H3. The van der Waals surface area contributed by atoms with Crippen LogP contribution in [0.3, 0.4) is 0 Å². The highest BCUT2D eigenvalue weighted by molar-refractivity contribution is 5.45. The molecule has 2 heteroatoms. The molecule has 2 aromatic carbocycles. The van der Waals surface area contributed by atoms with Crippen LogP contribution in [-0.4, -0.2) is 6.04 Å². The first-order valence-corrected chi connectivity index (χ1v) is 7.05. The van der Waals surface area contributed by atoms with Crippen LogP contribution in [0.1, 0.15) is 32.8 Å². The number of halogens is 1. The number of rotatable bonds is 5. The first-order chi connectivity index (χ1) is 9.49. The minimum atomic E-state index is -0.197. The summed E-state index contributed by atoms with van der Waals surface area (Å²) in [6.45, 7) is 6.54. The molecule has 106 valence electrons. The molecule has 0 heterocycles. The van der Waals surface area contributed by atoms with E-state index < -0.39 is 0 Å². The summed E-state index contributed by atoms with van der Waals surface area (Å²) in [7, 11) is 0. The summed E-state index contributed by atoms with van der Waals surface area (Å²) in [6, 6.07) is 17.5. The van der Waals surface area contributed by atoms with Gasteiger partial charge in [-0.25, -0.2) is 4.39 Å². The van der Waals surface area contributed by atoms with E-state index in [0.29, 0.717) is 5.69 Å². The highest BCUT2D eigenvalue weighted by atomic mass is 19.1. The molecule has 1 nitrogen and oxygen atoms in total. The zero-order chi connectivity index (χ0) is 14.6. The number of anilines is 1. The van der Waals surface area contributed by atoms with Gasteiger partial charge in [-0.2, -0.15) is 0 Å². The SMILES string of the molecule is CC(CC(C)(C)c1ccccc1)Nc1ccccc1F. The van der Waals surface area contributed by atoms with Gasteiger partial charge in [0.15, 0.2) is 0 Å². The second-order valence-corrected chi connectivity index (χ2v) is 5.98. The van der Waals surface area contributed by atoms with Gasteiger partial charge < -0.3 is 5.32 Å². The molecule has 1 atom stereocenters. The van der Waals surface area contributed by atoms with Crippen LogP contribution >= 0.6 is 0 Å². The van der Waals surface area contributed by atoms with E-state index in [2.05, 4.69) is 50.4 Å². The lowest BCUT2D eigenvalue weighted by molar-refractivity contribution is 0.449. The molecule has 0 radical (unpaired) electrons. The molecule has 0 bridgehead atoms. The molecule has 0 aliphatic carbocycles. The summed E-state index contributed by atoms with van der Waals surface area (Å²) in [4.78, 5) is 0. The predicted octanol–water partition coefficient (Wildman–Crippen LogP) is 4.99. The highest BCUT2D eigenvalue weighted by Crippen LogP contribution is 2.29. The number of nitrogens with one attached hydrogen (secondary N) is 1. The molecule has 0 amide bonds. The minimum Gasteiger partial charge on any atom is -0.380 e. The van der Waals surface area contributed by atoms with Crippen molar-refractivity contribution in [1.29, 1.82) is 0 Å². The lowest BCUT2D eigenvalue weighted by atomic mass is 9.79. The van der Waals surface area contributed by atoms with Crippen molar-refractivity contribution >= 4 is 5.69 Å². The fourth-order valence-electron chi connectivity index (χ4n) is 2.67. The largest absolute Gasteiger partial charge is 0.380 e.